The molecule has 2 heterocycles. The highest BCUT2D eigenvalue weighted by Gasteiger charge is 2.37. The zero-order chi connectivity index (χ0) is 16.6. The van der Waals surface area contributed by atoms with Crippen molar-refractivity contribution in [2.75, 3.05) is 26.2 Å². The van der Waals surface area contributed by atoms with Crippen molar-refractivity contribution in [3.05, 3.63) is 54.1 Å². The van der Waals surface area contributed by atoms with Crippen LogP contribution in [0.15, 0.2) is 48.5 Å². The second-order valence-corrected chi connectivity index (χ2v) is 7.49. The van der Waals surface area contributed by atoms with Crippen LogP contribution in [0.4, 0.5) is 0 Å². The summed E-state index contributed by atoms with van der Waals surface area (Å²) in [5.41, 5.74) is 3.77. The smallest absolute Gasteiger partial charge is 0.124 e. The number of ether oxygens (including phenoxy) is 1. The summed E-state index contributed by atoms with van der Waals surface area (Å²) in [6, 6.07) is 17.7. The molecule has 2 aliphatic heterocycles. The Kier molecular flexibility index (Phi) is 4.07. The molecule has 1 fully saturated rings. The molecule has 4 rings (SSSR count). The summed E-state index contributed by atoms with van der Waals surface area (Å²) in [7, 11) is 0. The fourth-order valence-corrected chi connectivity index (χ4v) is 3.95. The third-order valence-electron chi connectivity index (χ3n) is 5.14. The SMILES string of the molecule is CC1(C)CC(N2CCNCC2)c2cc(-c3ccccc3)ccc2O1. The molecule has 2 aromatic carbocycles. The summed E-state index contributed by atoms with van der Waals surface area (Å²) in [4.78, 5) is 2.62. The van der Waals surface area contributed by atoms with Crippen molar-refractivity contribution in [1.82, 2.24) is 10.2 Å². The quantitative estimate of drug-likeness (QED) is 0.908. The van der Waals surface area contributed by atoms with Crippen molar-refractivity contribution in [3.63, 3.8) is 0 Å². The van der Waals surface area contributed by atoms with E-state index >= 15 is 0 Å². The molecule has 0 spiro atoms. The third kappa shape index (κ3) is 3.06. The standard InChI is InChI=1S/C21H26N2O/c1-21(2)15-19(23-12-10-22-11-13-23)18-14-17(8-9-20(18)24-21)16-6-4-3-5-7-16/h3-9,14,19,22H,10-13,15H2,1-2H3. The minimum absolute atomic E-state index is 0.114. The van der Waals surface area contributed by atoms with Gasteiger partial charge >= 0.3 is 0 Å². The second-order valence-electron chi connectivity index (χ2n) is 7.49. The molecule has 1 atom stereocenters. The van der Waals surface area contributed by atoms with Gasteiger partial charge in [-0.2, -0.15) is 0 Å². The number of rotatable bonds is 2. The zero-order valence-electron chi connectivity index (χ0n) is 14.6. The Morgan fingerprint density at radius 3 is 2.50 bits per heavy atom. The van der Waals surface area contributed by atoms with Gasteiger partial charge in [0.05, 0.1) is 0 Å². The minimum Gasteiger partial charge on any atom is -0.487 e. The number of benzene rings is 2. The summed E-state index contributed by atoms with van der Waals surface area (Å²) in [5.74, 6) is 1.05. The van der Waals surface area contributed by atoms with Crippen LogP contribution in [0.25, 0.3) is 11.1 Å². The molecule has 0 amide bonds. The predicted molar refractivity (Wildman–Crippen MR) is 98.4 cm³/mol. The zero-order valence-corrected chi connectivity index (χ0v) is 14.6. The van der Waals surface area contributed by atoms with E-state index in [4.69, 9.17) is 4.74 Å². The lowest BCUT2D eigenvalue weighted by Crippen LogP contribution is -2.48. The monoisotopic (exact) mass is 322 g/mol. The Hall–Kier alpha value is -1.84. The van der Waals surface area contributed by atoms with E-state index in [9.17, 15) is 0 Å². The number of hydrogen-bond donors (Lipinski definition) is 1. The van der Waals surface area contributed by atoms with Gasteiger partial charge in [0.2, 0.25) is 0 Å². The van der Waals surface area contributed by atoms with Crippen LogP contribution in [0.1, 0.15) is 31.9 Å². The first-order chi connectivity index (χ1) is 11.6. The Morgan fingerprint density at radius 2 is 1.75 bits per heavy atom. The number of hydrogen-bond acceptors (Lipinski definition) is 3. The fraction of sp³-hybridized carbons (Fsp3) is 0.429. The highest BCUT2D eigenvalue weighted by Crippen LogP contribution is 2.44. The first kappa shape index (κ1) is 15.7. The molecule has 24 heavy (non-hydrogen) atoms. The summed E-state index contributed by atoms with van der Waals surface area (Å²) < 4.78 is 6.29. The van der Waals surface area contributed by atoms with Crippen molar-refractivity contribution >= 4 is 0 Å². The first-order valence-electron chi connectivity index (χ1n) is 8.96. The van der Waals surface area contributed by atoms with Gasteiger partial charge in [0.15, 0.2) is 0 Å². The Bertz CT molecular complexity index is 705. The van der Waals surface area contributed by atoms with Gasteiger partial charge in [-0.1, -0.05) is 36.4 Å². The molecule has 1 N–H and O–H groups in total. The molecule has 3 heteroatoms. The molecule has 0 radical (unpaired) electrons. The van der Waals surface area contributed by atoms with Crippen LogP contribution in [0, 0.1) is 0 Å². The highest BCUT2D eigenvalue weighted by atomic mass is 16.5. The van der Waals surface area contributed by atoms with Crippen molar-refractivity contribution < 1.29 is 4.74 Å². The van der Waals surface area contributed by atoms with Crippen LogP contribution in [0.2, 0.25) is 0 Å². The molecule has 0 saturated carbocycles. The molecule has 2 aliphatic rings. The van der Waals surface area contributed by atoms with Gasteiger partial charge in [-0.15, -0.1) is 0 Å². The van der Waals surface area contributed by atoms with Gasteiger partial charge < -0.3 is 10.1 Å². The van der Waals surface area contributed by atoms with Crippen LogP contribution < -0.4 is 10.1 Å². The number of nitrogens with one attached hydrogen (secondary N) is 1. The summed E-state index contributed by atoms with van der Waals surface area (Å²) in [5, 5.41) is 3.46. The van der Waals surface area contributed by atoms with E-state index in [1.54, 1.807) is 0 Å². The number of nitrogens with zero attached hydrogens (tertiary/aromatic N) is 1. The van der Waals surface area contributed by atoms with E-state index in [1.807, 2.05) is 0 Å². The largest absolute Gasteiger partial charge is 0.487 e. The molecule has 2 aromatic rings. The normalized spacial score (nSPS) is 23.3. The van der Waals surface area contributed by atoms with Gasteiger partial charge in [-0.3, -0.25) is 4.90 Å². The van der Waals surface area contributed by atoms with Crippen molar-refractivity contribution in [3.8, 4) is 16.9 Å². The van der Waals surface area contributed by atoms with Gasteiger partial charge in [0.1, 0.15) is 11.4 Å². The van der Waals surface area contributed by atoms with E-state index < -0.39 is 0 Å². The van der Waals surface area contributed by atoms with E-state index in [-0.39, 0.29) is 5.60 Å². The molecule has 0 bridgehead atoms. The molecule has 1 unspecified atom stereocenters. The molecule has 0 aliphatic carbocycles. The summed E-state index contributed by atoms with van der Waals surface area (Å²) >= 11 is 0. The van der Waals surface area contributed by atoms with Crippen LogP contribution in [-0.4, -0.2) is 36.7 Å². The average Bonchev–Trinajstić information content (AvgIpc) is 2.61. The van der Waals surface area contributed by atoms with Crippen LogP contribution in [0.3, 0.4) is 0 Å². The molecular weight excluding hydrogens is 296 g/mol. The number of piperazine rings is 1. The summed E-state index contributed by atoms with van der Waals surface area (Å²) in [6.07, 6.45) is 1.04. The molecule has 0 aromatic heterocycles. The second kappa shape index (κ2) is 6.23. The first-order valence-corrected chi connectivity index (χ1v) is 8.96. The van der Waals surface area contributed by atoms with E-state index in [2.05, 4.69) is 72.6 Å². The van der Waals surface area contributed by atoms with Crippen molar-refractivity contribution in [2.24, 2.45) is 0 Å². The highest BCUT2D eigenvalue weighted by molar-refractivity contribution is 5.66. The summed E-state index contributed by atoms with van der Waals surface area (Å²) in [6.45, 7) is 8.77. The Balaban J connectivity index is 1.74. The van der Waals surface area contributed by atoms with Crippen LogP contribution in [0.5, 0.6) is 5.75 Å². The van der Waals surface area contributed by atoms with Gasteiger partial charge in [-0.25, -0.2) is 0 Å². The van der Waals surface area contributed by atoms with Crippen LogP contribution in [-0.2, 0) is 0 Å². The Morgan fingerprint density at radius 1 is 1.00 bits per heavy atom. The maximum Gasteiger partial charge on any atom is 0.124 e. The van der Waals surface area contributed by atoms with Gasteiger partial charge in [0, 0.05) is 44.2 Å². The predicted octanol–water partition coefficient (Wildman–Crippen LogP) is 3.86. The van der Waals surface area contributed by atoms with E-state index in [0.717, 1.165) is 38.3 Å². The van der Waals surface area contributed by atoms with Crippen LogP contribution >= 0.6 is 0 Å². The molecule has 3 nitrogen and oxygen atoms in total. The Labute approximate surface area is 144 Å². The molecule has 126 valence electrons. The van der Waals surface area contributed by atoms with Gasteiger partial charge in [0.25, 0.3) is 0 Å². The maximum atomic E-state index is 6.29. The van der Waals surface area contributed by atoms with Gasteiger partial charge in [-0.05, 0) is 37.1 Å². The lowest BCUT2D eigenvalue weighted by atomic mass is 9.87. The molecule has 1 saturated heterocycles. The number of fused-ring (bicyclic) bond motifs is 1. The van der Waals surface area contributed by atoms with E-state index in [0.29, 0.717) is 6.04 Å². The van der Waals surface area contributed by atoms with Crippen molar-refractivity contribution in [2.45, 2.75) is 31.9 Å². The fourth-order valence-electron chi connectivity index (χ4n) is 3.95. The molecular formula is C21H26N2O. The van der Waals surface area contributed by atoms with Crippen molar-refractivity contribution in [1.29, 1.82) is 0 Å². The minimum atomic E-state index is -0.114. The average molecular weight is 322 g/mol. The lowest BCUT2D eigenvalue weighted by Gasteiger charge is -2.44. The topological polar surface area (TPSA) is 24.5 Å². The third-order valence-corrected chi connectivity index (χ3v) is 5.14. The lowest BCUT2D eigenvalue weighted by molar-refractivity contribution is 0.0260. The van der Waals surface area contributed by atoms with E-state index in [1.165, 1.54) is 16.7 Å². The maximum absolute atomic E-state index is 6.29.